The predicted octanol–water partition coefficient (Wildman–Crippen LogP) is 2.96. The third kappa shape index (κ3) is 9.25. The summed E-state index contributed by atoms with van der Waals surface area (Å²) in [4.78, 5) is 43.9. The monoisotopic (exact) mass is 562 g/mol. The van der Waals surface area contributed by atoms with Crippen LogP contribution in [0.25, 0.3) is 0 Å². The van der Waals surface area contributed by atoms with Gasteiger partial charge in [-0.3, -0.25) is 19.6 Å². The van der Waals surface area contributed by atoms with Crippen molar-refractivity contribution in [3.8, 4) is 0 Å². The van der Waals surface area contributed by atoms with E-state index in [-0.39, 0.29) is 18.6 Å². The van der Waals surface area contributed by atoms with Gasteiger partial charge in [-0.25, -0.2) is 5.48 Å². The number of primary amides is 1. The number of benzene rings is 3. The highest BCUT2D eigenvalue weighted by molar-refractivity contribution is 8.00. The van der Waals surface area contributed by atoms with E-state index in [0.29, 0.717) is 11.5 Å². The van der Waals surface area contributed by atoms with Gasteiger partial charge in [0.05, 0.1) is 17.5 Å². The maximum Gasteiger partial charge on any atom is 0.248 e. The van der Waals surface area contributed by atoms with E-state index in [1.54, 1.807) is 5.48 Å². The number of hydrogen-bond donors (Lipinski definition) is 4. The molecule has 0 aromatic heterocycles. The maximum atomic E-state index is 13.7. The molecule has 5 N–H and O–H groups in total. The first-order valence-corrected chi connectivity index (χ1v) is 13.9. The summed E-state index contributed by atoms with van der Waals surface area (Å²) >= 11 is 1.38. The normalized spacial score (nSPS) is 13.5. The van der Waals surface area contributed by atoms with E-state index in [2.05, 4.69) is 10.5 Å². The smallest absolute Gasteiger partial charge is 0.248 e. The van der Waals surface area contributed by atoms with Gasteiger partial charge in [-0.05, 0) is 17.5 Å². The van der Waals surface area contributed by atoms with E-state index in [1.165, 1.54) is 18.9 Å². The van der Waals surface area contributed by atoms with Gasteiger partial charge in [0.15, 0.2) is 0 Å². The lowest BCUT2D eigenvalue weighted by molar-refractivity contribution is -0.140. The largest absolute Gasteiger partial charge is 0.399 e. The van der Waals surface area contributed by atoms with Gasteiger partial charge in [0.1, 0.15) is 13.2 Å². The maximum absolute atomic E-state index is 13.7. The summed E-state index contributed by atoms with van der Waals surface area (Å²) in [7, 11) is 1.46. The molecule has 0 fully saturated rings. The Morgan fingerprint density at radius 3 is 1.93 bits per heavy atom. The molecular formula is C30H34N4O5S. The molecule has 3 rings (SSSR count). The molecule has 0 heterocycles. The number of oxime groups is 1. The number of rotatable bonds is 15. The predicted molar refractivity (Wildman–Crippen MR) is 156 cm³/mol. The van der Waals surface area contributed by atoms with Crippen molar-refractivity contribution in [3.63, 3.8) is 0 Å². The van der Waals surface area contributed by atoms with E-state index < -0.39 is 35.6 Å². The number of nitrogens with two attached hydrogens (primary N) is 1. The van der Waals surface area contributed by atoms with Crippen LogP contribution in [0.5, 0.6) is 0 Å². The molecule has 0 radical (unpaired) electrons. The van der Waals surface area contributed by atoms with Crippen LogP contribution in [0.1, 0.15) is 16.7 Å². The summed E-state index contributed by atoms with van der Waals surface area (Å²) in [5, 5.41) is 16.5. The lowest BCUT2D eigenvalue weighted by atomic mass is 9.86. The van der Waals surface area contributed by atoms with Crippen molar-refractivity contribution < 1.29 is 24.4 Å². The second-order valence-electron chi connectivity index (χ2n) is 9.13. The standard InChI is InChI=1S/C30H34N4O5S/c1-39-34-27(23-15-9-4-10-16-23)20-40-19-25(30(37)33-38)24(17-21-11-5-2-6-12-21)29(36)32-26(28(31)35)18-22-13-7-3-8-14-22/h2-16,24-26,38H,17-20H2,1H3,(H2,31,35)(H,32,36)(H,33,37)/b34-27+/t24-,25+,26+/m1/s1. The molecule has 0 bridgehead atoms. The molecule has 210 valence electrons. The van der Waals surface area contributed by atoms with Gasteiger partial charge in [0.2, 0.25) is 17.7 Å². The fourth-order valence-electron chi connectivity index (χ4n) is 4.28. The van der Waals surface area contributed by atoms with Crippen LogP contribution in [-0.4, -0.2) is 53.3 Å². The first-order chi connectivity index (χ1) is 19.4. The molecule has 40 heavy (non-hydrogen) atoms. The highest BCUT2D eigenvalue weighted by Gasteiger charge is 2.35. The Bertz CT molecular complexity index is 1260. The van der Waals surface area contributed by atoms with Crippen molar-refractivity contribution in [2.45, 2.75) is 18.9 Å². The van der Waals surface area contributed by atoms with Crippen LogP contribution >= 0.6 is 11.8 Å². The number of hydrogen-bond acceptors (Lipinski definition) is 7. The van der Waals surface area contributed by atoms with Crippen LogP contribution in [0, 0.1) is 11.8 Å². The van der Waals surface area contributed by atoms with E-state index in [0.717, 1.165) is 16.7 Å². The minimum Gasteiger partial charge on any atom is -0.399 e. The van der Waals surface area contributed by atoms with Crippen LogP contribution in [0.4, 0.5) is 0 Å². The Morgan fingerprint density at radius 2 is 1.40 bits per heavy atom. The Hall–Kier alpha value is -4.15. The van der Waals surface area contributed by atoms with Gasteiger partial charge in [0.25, 0.3) is 0 Å². The molecule has 0 aliphatic heterocycles. The molecule has 9 nitrogen and oxygen atoms in total. The Balaban J connectivity index is 1.83. The highest BCUT2D eigenvalue weighted by Crippen LogP contribution is 2.24. The Labute approximate surface area is 238 Å². The van der Waals surface area contributed by atoms with E-state index >= 15 is 0 Å². The summed E-state index contributed by atoms with van der Waals surface area (Å²) in [5.74, 6) is -3.15. The first kappa shape index (κ1) is 30.4. The zero-order valence-corrected chi connectivity index (χ0v) is 23.1. The highest BCUT2D eigenvalue weighted by atomic mass is 32.2. The third-order valence-corrected chi connectivity index (χ3v) is 7.43. The molecule has 0 aliphatic carbocycles. The SMILES string of the molecule is CO/N=C(\CSC[C@H](C(=O)NO)[C@@H](Cc1ccccc1)C(=O)N[C@@H](Cc1ccccc1)C(N)=O)c1ccccc1. The minimum absolute atomic E-state index is 0.187. The lowest BCUT2D eigenvalue weighted by Gasteiger charge is -2.27. The van der Waals surface area contributed by atoms with E-state index in [4.69, 9.17) is 10.6 Å². The second kappa shape index (κ2) is 16.1. The number of nitrogens with zero attached hydrogens (tertiary/aromatic N) is 1. The van der Waals surface area contributed by atoms with Crippen molar-refractivity contribution in [3.05, 3.63) is 108 Å². The molecule has 0 saturated heterocycles. The van der Waals surface area contributed by atoms with Crippen LogP contribution in [0.2, 0.25) is 0 Å². The summed E-state index contributed by atoms with van der Waals surface area (Å²) < 4.78 is 0. The zero-order chi connectivity index (χ0) is 28.7. The second-order valence-corrected chi connectivity index (χ2v) is 10.2. The number of amides is 3. The molecule has 3 amide bonds. The summed E-state index contributed by atoms with van der Waals surface area (Å²) in [6, 6.07) is 27.0. The van der Waals surface area contributed by atoms with Crippen LogP contribution in [-0.2, 0) is 32.1 Å². The topological polar surface area (TPSA) is 143 Å². The van der Waals surface area contributed by atoms with Crippen LogP contribution < -0.4 is 16.5 Å². The van der Waals surface area contributed by atoms with Crippen molar-refractivity contribution in [1.82, 2.24) is 10.8 Å². The summed E-state index contributed by atoms with van der Waals surface area (Å²) in [6.45, 7) is 0. The summed E-state index contributed by atoms with van der Waals surface area (Å²) in [6.07, 6.45) is 0.416. The average Bonchev–Trinajstić information content (AvgIpc) is 2.98. The number of nitrogens with one attached hydrogen (secondary N) is 2. The Kier molecular flexibility index (Phi) is 12.2. The molecule has 0 saturated carbocycles. The zero-order valence-electron chi connectivity index (χ0n) is 22.2. The molecule has 3 aromatic carbocycles. The van der Waals surface area contributed by atoms with Gasteiger partial charge in [-0.2, -0.15) is 11.8 Å². The van der Waals surface area contributed by atoms with Gasteiger partial charge in [-0.1, -0.05) is 96.2 Å². The molecule has 0 aliphatic rings. The molecule has 10 heteroatoms. The van der Waals surface area contributed by atoms with Crippen molar-refractivity contribution in [2.75, 3.05) is 18.6 Å². The summed E-state index contributed by atoms with van der Waals surface area (Å²) in [5.41, 5.74) is 10.5. The fraction of sp³-hybridized carbons (Fsp3) is 0.267. The average molecular weight is 563 g/mol. The van der Waals surface area contributed by atoms with Crippen molar-refractivity contribution in [2.24, 2.45) is 22.7 Å². The first-order valence-electron chi connectivity index (χ1n) is 12.8. The lowest BCUT2D eigenvalue weighted by Crippen LogP contribution is -2.51. The van der Waals surface area contributed by atoms with Crippen molar-refractivity contribution in [1.29, 1.82) is 0 Å². The van der Waals surface area contributed by atoms with Crippen LogP contribution in [0.3, 0.4) is 0 Å². The number of carbonyl (C=O) groups excluding carboxylic acids is 3. The van der Waals surface area contributed by atoms with Gasteiger partial charge in [0, 0.05) is 23.5 Å². The molecular weight excluding hydrogens is 528 g/mol. The van der Waals surface area contributed by atoms with Crippen LogP contribution in [0.15, 0.2) is 96.2 Å². The Morgan fingerprint density at radius 1 is 0.850 bits per heavy atom. The van der Waals surface area contributed by atoms with Crippen molar-refractivity contribution >= 4 is 35.2 Å². The quantitative estimate of drug-likeness (QED) is 0.127. The molecule has 3 atom stereocenters. The number of carbonyl (C=O) groups is 3. The fourth-order valence-corrected chi connectivity index (χ4v) is 5.45. The molecule has 0 unspecified atom stereocenters. The number of hydroxylamine groups is 1. The number of thioether (sulfide) groups is 1. The minimum atomic E-state index is -0.975. The molecule has 3 aromatic rings. The van der Waals surface area contributed by atoms with Gasteiger partial charge >= 0.3 is 0 Å². The third-order valence-electron chi connectivity index (χ3n) is 6.36. The van der Waals surface area contributed by atoms with E-state index in [9.17, 15) is 19.6 Å². The van der Waals surface area contributed by atoms with E-state index in [1.807, 2.05) is 91.0 Å². The molecule has 0 spiro atoms. The van der Waals surface area contributed by atoms with Gasteiger partial charge < -0.3 is 15.9 Å². The van der Waals surface area contributed by atoms with Gasteiger partial charge in [-0.15, -0.1) is 0 Å².